The molecule has 1 amide bonds. The number of rotatable bonds is 3. The maximum Gasteiger partial charge on any atom is 0.255 e. The lowest BCUT2D eigenvalue weighted by Crippen LogP contribution is -2.26. The number of carbonyl (C=O) groups excluding carboxylic acids is 1. The molecule has 0 aliphatic heterocycles. The molecule has 6 nitrogen and oxygen atoms in total. The average molecular weight is 184 g/mol. The summed E-state index contributed by atoms with van der Waals surface area (Å²) in [5.41, 5.74) is 0. The van der Waals surface area contributed by atoms with E-state index in [1.165, 1.54) is 13.3 Å². The van der Waals surface area contributed by atoms with E-state index in [9.17, 15) is 4.79 Å². The van der Waals surface area contributed by atoms with Gasteiger partial charge in [0, 0.05) is 6.54 Å². The van der Waals surface area contributed by atoms with Crippen LogP contribution in [0.5, 0.6) is 0 Å². The van der Waals surface area contributed by atoms with Crippen molar-refractivity contribution in [2.45, 2.75) is 26.5 Å². The van der Waals surface area contributed by atoms with Crippen LogP contribution in [0.2, 0.25) is 0 Å². The molecule has 1 atom stereocenters. The molecule has 1 aromatic heterocycles. The van der Waals surface area contributed by atoms with E-state index >= 15 is 0 Å². The molecule has 6 heteroatoms. The van der Waals surface area contributed by atoms with E-state index in [1.807, 2.05) is 6.92 Å². The van der Waals surface area contributed by atoms with Crippen molar-refractivity contribution in [2.75, 3.05) is 5.32 Å². The number of hydrogen-bond donors (Lipinski definition) is 2. The van der Waals surface area contributed by atoms with E-state index in [0.29, 0.717) is 12.5 Å². The number of nitrogens with one attached hydrogen (secondary N) is 1. The Labute approximate surface area is 75.6 Å². The van der Waals surface area contributed by atoms with Crippen molar-refractivity contribution in [3.05, 3.63) is 6.33 Å². The van der Waals surface area contributed by atoms with Gasteiger partial charge in [0.1, 0.15) is 12.4 Å². The SMILES string of the molecule is CCn1cnnc1NC(=O)C(C)O. The molecule has 1 unspecified atom stereocenters. The number of anilines is 1. The highest BCUT2D eigenvalue weighted by atomic mass is 16.3. The predicted octanol–water partition coefficient (Wildman–Crippen LogP) is -0.383. The first-order chi connectivity index (χ1) is 6.15. The monoisotopic (exact) mass is 184 g/mol. The summed E-state index contributed by atoms with van der Waals surface area (Å²) < 4.78 is 1.67. The Morgan fingerprint density at radius 3 is 3.08 bits per heavy atom. The van der Waals surface area contributed by atoms with Gasteiger partial charge in [0.2, 0.25) is 5.95 Å². The number of aromatic nitrogens is 3. The Balaban J connectivity index is 2.68. The van der Waals surface area contributed by atoms with Gasteiger partial charge < -0.3 is 9.67 Å². The van der Waals surface area contributed by atoms with Crippen molar-refractivity contribution in [3.8, 4) is 0 Å². The summed E-state index contributed by atoms with van der Waals surface area (Å²) in [5, 5.41) is 18.7. The quantitative estimate of drug-likeness (QED) is 0.671. The first kappa shape index (κ1) is 9.66. The minimum Gasteiger partial charge on any atom is -0.384 e. The summed E-state index contributed by atoms with van der Waals surface area (Å²) in [6, 6.07) is 0. The summed E-state index contributed by atoms with van der Waals surface area (Å²) in [4.78, 5) is 11.0. The molecule has 0 fully saturated rings. The number of aryl methyl sites for hydroxylation is 1. The van der Waals surface area contributed by atoms with Gasteiger partial charge in [-0.15, -0.1) is 10.2 Å². The second-order valence-electron chi connectivity index (χ2n) is 2.61. The average Bonchev–Trinajstić information content (AvgIpc) is 2.51. The molecule has 1 rings (SSSR count). The molecule has 0 saturated carbocycles. The van der Waals surface area contributed by atoms with Crippen molar-refractivity contribution >= 4 is 11.9 Å². The third-order valence-corrected chi connectivity index (χ3v) is 1.57. The fourth-order valence-corrected chi connectivity index (χ4v) is 0.798. The second-order valence-corrected chi connectivity index (χ2v) is 2.61. The number of aliphatic hydroxyl groups is 1. The Morgan fingerprint density at radius 1 is 1.85 bits per heavy atom. The summed E-state index contributed by atoms with van der Waals surface area (Å²) in [7, 11) is 0. The van der Waals surface area contributed by atoms with Gasteiger partial charge in [-0.05, 0) is 13.8 Å². The minimum atomic E-state index is -1.04. The Bertz CT molecular complexity index is 294. The molecule has 0 aliphatic carbocycles. The Kier molecular flexibility index (Phi) is 2.97. The molecule has 1 aromatic rings. The first-order valence-electron chi connectivity index (χ1n) is 4.02. The van der Waals surface area contributed by atoms with Crippen molar-refractivity contribution in [1.29, 1.82) is 0 Å². The van der Waals surface area contributed by atoms with Gasteiger partial charge in [-0.2, -0.15) is 0 Å². The van der Waals surface area contributed by atoms with Crippen LogP contribution in [-0.4, -0.2) is 31.9 Å². The summed E-state index contributed by atoms with van der Waals surface area (Å²) >= 11 is 0. The smallest absolute Gasteiger partial charge is 0.255 e. The molecule has 2 N–H and O–H groups in total. The normalized spacial score (nSPS) is 12.5. The highest BCUT2D eigenvalue weighted by Crippen LogP contribution is 2.01. The Hall–Kier alpha value is -1.43. The maximum absolute atomic E-state index is 11.0. The van der Waals surface area contributed by atoms with Crippen molar-refractivity contribution in [2.24, 2.45) is 0 Å². The fourth-order valence-electron chi connectivity index (χ4n) is 0.798. The topological polar surface area (TPSA) is 80.0 Å². The van der Waals surface area contributed by atoms with Gasteiger partial charge >= 0.3 is 0 Å². The van der Waals surface area contributed by atoms with E-state index in [4.69, 9.17) is 5.11 Å². The van der Waals surface area contributed by atoms with Crippen molar-refractivity contribution in [1.82, 2.24) is 14.8 Å². The lowest BCUT2D eigenvalue weighted by atomic mass is 10.4. The number of nitrogens with zero attached hydrogens (tertiary/aromatic N) is 3. The van der Waals surface area contributed by atoms with Gasteiger partial charge in [0.05, 0.1) is 0 Å². The number of aliphatic hydroxyl groups excluding tert-OH is 1. The zero-order chi connectivity index (χ0) is 9.84. The highest BCUT2D eigenvalue weighted by molar-refractivity contribution is 5.92. The molecular formula is C7H12N4O2. The van der Waals surface area contributed by atoms with E-state index in [2.05, 4.69) is 15.5 Å². The zero-order valence-electron chi connectivity index (χ0n) is 7.56. The van der Waals surface area contributed by atoms with Crippen molar-refractivity contribution < 1.29 is 9.90 Å². The number of hydrogen-bond acceptors (Lipinski definition) is 4. The van der Waals surface area contributed by atoms with Crippen LogP contribution in [0.15, 0.2) is 6.33 Å². The van der Waals surface area contributed by atoms with E-state index in [-0.39, 0.29) is 0 Å². The summed E-state index contributed by atoms with van der Waals surface area (Å²) in [6.07, 6.45) is 0.472. The van der Waals surface area contributed by atoms with E-state index in [0.717, 1.165) is 0 Å². The molecule has 13 heavy (non-hydrogen) atoms. The second kappa shape index (κ2) is 3.99. The van der Waals surface area contributed by atoms with Gasteiger partial charge in [-0.1, -0.05) is 0 Å². The van der Waals surface area contributed by atoms with E-state index < -0.39 is 12.0 Å². The summed E-state index contributed by atoms with van der Waals surface area (Å²) in [5.74, 6) is -0.129. The molecule has 0 aliphatic rings. The fraction of sp³-hybridized carbons (Fsp3) is 0.571. The Morgan fingerprint density at radius 2 is 2.54 bits per heavy atom. The molecular weight excluding hydrogens is 172 g/mol. The maximum atomic E-state index is 11.0. The molecule has 72 valence electrons. The predicted molar refractivity (Wildman–Crippen MR) is 46.0 cm³/mol. The third-order valence-electron chi connectivity index (χ3n) is 1.57. The van der Waals surface area contributed by atoms with Crippen LogP contribution in [-0.2, 0) is 11.3 Å². The van der Waals surface area contributed by atoms with Crippen LogP contribution < -0.4 is 5.32 Å². The molecule has 0 aromatic carbocycles. The van der Waals surface area contributed by atoms with Gasteiger partial charge in [-0.3, -0.25) is 10.1 Å². The van der Waals surface area contributed by atoms with Crippen LogP contribution >= 0.6 is 0 Å². The lowest BCUT2D eigenvalue weighted by Gasteiger charge is -2.06. The van der Waals surface area contributed by atoms with Gasteiger partial charge in [0.25, 0.3) is 5.91 Å². The van der Waals surface area contributed by atoms with Crippen LogP contribution in [0.25, 0.3) is 0 Å². The number of amides is 1. The van der Waals surface area contributed by atoms with Crippen LogP contribution in [0, 0.1) is 0 Å². The molecule has 1 heterocycles. The standard InChI is InChI=1S/C7H12N4O2/c1-3-11-4-8-10-7(11)9-6(13)5(2)12/h4-5,12H,3H2,1-2H3,(H,9,10,13). The summed E-state index contributed by atoms with van der Waals surface area (Å²) in [6.45, 7) is 3.96. The van der Waals surface area contributed by atoms with Crippen LogP contribution in [0.1, 0.15) is 13.8 Å². The zero-order valence-corrected chi connectivity index (χ0v) is 7.56. The van der Waals surface area contributed by atoms with Crippen LogP contribution in [0.4, 0.5) is 5.95 Å². The highest BCUT2D eigenvalue weighted by Gasteiger charge is 2.11. The first-order valence-corrected chi connectivity index (χ1v) is 4.02. The molecule has 0 saturated heterocycles. The lowest BCUT2D eigenvalue weighted by molar-refractivity contribution is -0.123. The van der Waals surface area contributed by atoms with Gasteiger partial charge in [-0.25, -0.2) is 0 Å². The molecule has 0 spiro atoms. The molecule has 0 radical (unpaired) electrons. The van der Waals surface area contributed by atoms with Gasteiger partial charge in [0.15, 0.2) is 0 Å². The minimum absolute atomic E-state index is 0.355. The van der Waals surface area contributed by atoms with E-state index in [1.54, 1.807) is 4.57 Å². The van der Waals surface area contributed by atoms with Crippen LogP contribution in [0.3, 0.4) is 0 Å². The van der Waals surface area contributed by atoms with Crippen molar-refractivity contribution in [3.63, 3.8) is 0 Å². The largest absolute Gasteiger partial charge is 0.384 e. The molecule has 0 bridgehead atoms. The third kappa shape index (κ3) is 2.25. The number of carbonyl (C=O) groups is 1.